The van der Waals surface area contributed by atoms with Crippen LogP contribution in [0, 0.1) is 5.82 Å². The van der Waals surface area contributed by atoms with E-state index >= 15 is 0 Å². The lowest BCUT2D eigenvalue weighted by Crippen LogP contribution is -2.40. The topological polar surface area (TPSA) is 58.2 Å². The fourth-order valence-electron chi connectivity index (χ4n) is 2.02. The highest BCUT2D eigenvalue weighted by Gasteiger charge is 2.19. The molecule has 0 saturated heterocycles. The molecule has 0 aromatic heterocycles. The lowest BCUT2D eigenvalue weighted by molar-refractivity contribution is 0.0920. The van der Waals surface area contributed by atoms with Crippen molar-refractivity contribution in [2.75, 3.05) is 5.32 Å². The maximum absolute atomic E-state index is 13.2. The molecule has 4 nitrogen and oxygen atoms in total. The van der Waals surface area contributed by atoms with Gasteiger partial charge in [0.1, 0.15) is 5.82 Å². The Hall–Kier alpha value is -2.69. The molecule has 0 spiro atoms. The Morgan fingerprint density at radius 2 is 1.65 bits per heavy atom. The third-order valence-electron chi connectivity index (χ3n) is 3.00. The quantitative estimate of drug-likeness (QED) is 0.909. The van der Waals surface area contributed by atoms with Gasteiger partial charge in [-0.1, -0.05) is 18.2 Å². The van der Waals surface area contributed by atoms with E-state index in [4.69, 9.17) is 0 Å². The van der Waals surface area contributed by atoms with Crippen molar-refractivity contribution in [1.29, 1.82) is 0 Å². The third-order valence-corrected chi connectivity index (χ3v) is 3.00. The van der Waals surface area contributed by atoms with Crippen LogP contribution in [0.4, 0.5) is 10.1 Å². The number of para-hydroxylation sites is 1. The molecule has 2 amide bonds. The highest BCUT2D eigenvalue weighted by Crippen LogP contribution is 2.17. The summed E-state index contributed by atoms with van der Waals surface area (Å²) in [5.74, 6) is -1.25. The van der Waals surface area contributed by atoms with Crippen LogP contribution in [0.3, 0.4) is 0 Å². The minimum absolute atomic E-state index is 0.191. The molecule has 2 N–H and O–H groups in total. The second kappa shape index (κ2) is 6.60. The highest BCUT2D eigenvalue weighted by atomic mass is 19.1. The second-order valence-corrected chi connectivity index (χ2v) is 6.21. The molecule has 0 atom stereocenters. The number of carbonyl (C=O) groups excluding carboxylic acids is 2. The van der Waals surface area contributed by atoms with Crippen LogP contribution in [0.25, 0.3) is 0 Å². The predicted molar refractivity (Wildman–Crippen MR) is 88.0 cm³/mol. The summed E-state index contributed by atoms with van der Waals surface area (Å²) in [4.78, 5) is 24.5. The standard InChI is InChI=1S/C18H19FN2O2/c1-18(2,3)21-17(23)14-9-4-5-10-15(14)20-16(22)12-7-6-8-13(19)11-12/h4-11H,1-3H3,(H,20,22)(H,21,23). The van der Waals surface area contributed by atoms with Gasteiger partial charge in [-0.3, -0.25) is 9.59 Å². The molecule has 120 valence electrons. The molecule has 0 aliphatic heterocycles. The van der Waals surface area contributed by atoms with Gasteiger partial charge in [-0.15, -0.1) is 0 Å². The van der Waals surface area contributed by atoms with Gasteiger partial charge < -0.3 is 10.6 Å². The van der Waals surface area contributed by atoms with Crippen LogP contribution in [0.2, 0.25) is 0 Å². The molecule has 0 heterocycles. The van der Waals surface area contributed by atoms with Gasteiger partial charge in [0.25, 0.3) is 11.8 Å². The monoisotopic (exact) mass is 314 g/mol. The number of hydrogen-bond donors (Lipinski definition) is 2. The van der Waals surface area contributed by atoms with Crippen LogP contribution in [-0.4, -0.2) is 17.4 Å². The van der Waals surface area contributed by atoms with Gasteiger partial charge in [-0.2, -0.15) is 0 Å². The minimum atomic E-state index is -0.489. The molecule has 0 bridgehead atoms. The van der Waals surface area contributed by atoms with Crippen molar-refractivity contribution in [2.45, 2.75) is 26.3 Å². The Morgan fingerprint density at radius 3 is 2.30 bits per heavy atom. The number of halogens is 1. The average molecular weight is 314 g/mol. The second-order valence-electron chi connectivity index (χ2n) is 6.21. The zero-order chi connectivity index (χ0) is 17.0. The van der Waals surface area contributed by atoms with Crippen LogP contribution in [0.1, 0.15) is 41.5 Å². The van der Waals surface area contributed by atoms with E-state index in [0.29, 0.717) is 11.3 Å². The van der Waals surface area contributed by atoms with Gasteiger partial charge in [0.2, 0.25) is 0 Å². The van der Waals surface area contributed by atoms with E-state index in [1.807, 2.05) is 20.8 Å². The predicted octanol–water partition coefficient (Wildman–Crippen LogP) is 3.61. The summed E-state index contributed by atoms with van der Waals surface area (Å²) >= 11 is 0. The summed E-state index contributed by atoms with van der Waals surface area (Å²) in [5, 5.41) is 5.50. The fraction of sp³-hybridized carbons (Fsp3) is 0.222. The molecule has 0 aliphatic rings. The number of amides is 2. The molecule has 0 saturated carbocycles. The van der Waals surface area contributed by atoms with Crippen molar-refractivity contribution >= 4 is 17.5 Å². The maximum atomic E-state index is 13.2. The van der Waals surface area contributed by atoms with E-state index in [9.17, 15) is 14.0 Å². The van der Waals surface area contributed by atoms with Crippen LogP contribution in [0.15, 0.2) is 48.5 Å². The van der Waals surface area contributed by atoms with E-state index in [-0.39, 0.29) is 11.5 Å². The molecule has 23 heavy (non-hydrogen) atoms. The summed E-state index contributed by atoms with van der Waals surface area (Å²) in [6.45, 7) is 5.62. The zero-order valence-corrected chi connectivity index (χ0v) is 13.3. The van der Waals surface area contributed by atoms with Crippen LogP contribution < -0.4 is 10.6 Å². The van der Waals surface area contributed by atoms with Crippen molar-refractivity contribution in [1.82, 2.24) is 5.32 Å². The average Bonchev–Trinajstić information content (AvgIpc) is 2.46. The smallest absolute Gasteiger partial charge is 0.255 e. The van der Waals surface area contributed by atoms with Gasteiger partial charge in [-0.25, -0.2) is 4.39 Å². The molecule has 2 aromatic carbocycles. The minimum Gasteiger partial charge on any atom is -0.347 e. The number of nitrogens with one attached hydrogen (secondary N) is 2. The first-order valence-electron chi connectivity index (χ1n) is 7.25. The largest absolute Gasteiger partial charge is 0.347 e. The van der Waals surface area contributed by atoms with E-state index in [1.54, 1.807) is 24.3 Å². The maximum Gasteiger partial charge on any atom is 0.255 e. The number of carbonyl (C=O) groups is 2. The van der Waals surface area contributed by atoms with Gasteiger partial charge in [0.05, 0.1) is 11.3 Å². The summed E-state index contributed by atoms with van der Waals surface area (Å²) < 4.78 is 13.2. The number of rotatable bonds is 3. The molecule has 0 unspecified atom stereocenters. The first-order valence-corrected chi connectivity index (χ1v) is 7.25. The molecular weight excluding hydrogens is 295 g/mol. The summed E-state index contributed by atoms with van der Waals surface area (Å²) in [5.41, 5.74) is 0.531. The normalized spacial score (nSPS) is 11.0. The lowest BCUT2D eigenvalue weighted by Gasteiger charge is -2.21. The Morgan fingerprint density at radius 1 is 0.957 bits per heavy atom. The first kappa shape index (κ1) is 16.7. The van der Waals surface area contributed by atoms with Gasteiger partial charge >= 0.3 is 0 Å². The molecule has 0 fully saturated rings. The van der Waals surface area contributed by atoms with Crippen molar-refractivity contribution < 1.29 is 14.0 Å². The van der Waals surface area contributed by atoms with E-state index in [2.05, 4.69) is 10.6 Å². The molecular formula is C18H19FN2O2. The lowest BCUT2D eigenvalue weighted by atomic mass is 10.1. The highest BCUT2D eigenvalue weighted by molar-refractivity contribution is 6.09. The molecule has 0 aliphatic carbocycles. The Kier molecular flexibility index (Phi) is 4.79. The first-order chi connectivity index (χ1) is 10.8. The van der Waals surface area contributed by atoms with E-state index in [1.165, 1.54) is 18.2 Å². The van der Waals surface area contributed by atoms with Crippen molar-refractivity contribution in [2.24, 2.45) is 0 Å². The van der Waals surface area contributed by atoms with Gasteiger partial charge in [0, 0.05) is 11.1 Å². The zero-order valence-electron chi connectivity index (χ0n) is 13.3. The number of hydrogen-bond acceptors (Lipinski definition) is 2. The Balaban J connectivity index is 2.24. The molecule has 5 heteroatoms. The van der Waals surface area contributed by atoms with Crippen LogP contribution >= 0.6 is 0 Å². The molecule has 2 rings (SSSR count). The Labute approximate surface area is 134 Å². The summed E-state index contributed by atoms with van der Waals surface area (Å²) in [7, 11) is 0. The van der Waals surface area contributed by atoms with Crippen LogP contribution in [-0.2, 0) is 0 Å². The summed E-state index contributed by atoms with van der Waals surface area (Å²) in [6.07, 6.45) is 0. The van der Waals surface area contributed by atoms with E-state index in [0.717, 1.165) is 6.07 Å². The molecule has 0 radical (unpaired) electrons. The fourth-order valence-corrected chi connectivity index (χ4v) is 2.02. The van der Waals surface area contributed by atoms with Gasteiger partial charge in [0.15, 0.2) is 0 Å². The van der Waals surface area contributed by atoms with Gasteiger partial charge in [-0.05, 0) is 51.1 Å². The molecule has 2 aromatic rings. The third kappa shape index (κ3) is 4.64. The van der Waals surface area contributed by atoms with Crippen molar-refractivity contribution in [3.63, 3.8) is 0 Å². The Bertz CT molecular complexity index is 736. The number of benzene rings is 2. The van der Waals surface area contributed by atoms with E-state index < -0.39 is 17.3 Å². The SMILES string of the molecule is CC(C)(C)NC(=O)c1ccccc1NC(=O)c1cccc(F)c1. The van der Waals surface area contributed by atoms with Crippen molar-refractivity contribution in [3.05, 3.63) is 65.5 Å². The number of anilines is 1. The summed E-state index contributed by atoms with van der Waals surface area (Å²) in [6, 6.07) is 12.1. The van der Waals surface area contributed by atoms with Crippen molar-refractivity contribution in [3.8, 4) is 0 Å². The van der Waals surface area contributed by atoms with Crippen LogP contribution in [0.5, 0.6) is 0 Å².